The molecule has 2 fully saturated rings. The Labute approximate surface area is 224 Å². The number of benzene rings is 1. The molecule has 1 unspecified atom stereocenters. The Kier molecular flexibility index (Phi) is 8.15. The molecule has 11 heteroatoms. The fourth-order valence-corrected chi connectivity index (χ4v) is 7.42. The van der Waals surface area contributed by atoms with Crippen LogP contribution in [0.5, 0.6) is 0 Å². The molecule has 5 rings (SSSR count). The Morgan fingerprint density at radius 2 is 1.84 bits per heavy atom. The van der Waals surface area contributed by atoms with E-state index in [2.05, 4.69) is 25.3 Å². The summed E-state index contributed by atoms with van der Waals surface area (Å²) in [6, 6.07) is 5.26. The molecular weight excluding hydrogens is 504 g/mol. The molecule has 0 bridgehead atoms. The van der Waals surface area contributed by atoms with Crippen LogP contribution in [-0.2, 0) is 32.6 Å². The number of carbonyl (C=O) groups excluding carboxylic acids is 2. The second-order valence-corrected chi connectivity index (χ2v) is 12.5. The highest BCUT2D eigenvalue weighted by atomic mass is 32.2. The van der Waals surface area contributed by atoms with Crippen molar-refractivity contribution in [1.82, 2.24) is 29.6 Å². The number of aryl methyl sites for hydroxylation is 1. The smallest absolute Gasteiger partial charge is 0.243 e. The van der Waals surface area contributed by atoms with Crippen molar-refractivity contribution in [2.75, 3.05) is 32.7 Å². The van der Waals surface area contributed by atoms with Crippen LogP contribution < -0.4 is 10.6 Å². The number of likely N-dealkylation sites (tertiary alicyclic amines) is 1. The minimum Gasteiger partial charge on any atom is -0.353 e. The highest BCUT2D eigenvalue weighted by molar-refractivity contribution is 7.89. The Balaban J connectivity index is 1.25. The summed E-state index contributed by atoms with van der Waals surface area (Å²) >= 11 is 0. The fourth-order valence-electron chi connectivity index (χ4n) is 5.83. The molecule has 2 saturated heterocycles. The van der Waals surface area contributed by atoms with E-state index in [0.29, 0.717) is 0 Å². The average Bonchev–Trinajstić information content (AvgIpc) is 3.33. The Morgan fingerprint density at radius 1 is 1.08 bits per heavy atom. The summed E-state index contributed by atoms with van der Waals surface area (Å²) in [6.45, 7) is 6.33. The van der Waals surface area contributed by atoms with Crippen LogP contribution in [0, 0.1) is 6.92 Å². The Bertz CT molecular complexity index is 1250. The first kappa shape index (κ1) is 26.8. The maximum absolute atomic E-state index is 13.4. The number of hydrogen-bond acceptors (Lipinski definition) is 6. The number of nitrogens with one attached hydrogen (secondary N) is 2. The molecule has 2 atom stereocenters. The number of carbonyl (C=O) groups is 2. The highest BCUT2D eigenvalue weighted by Crippen LogP contribution is 2.30. The van der Waals surface area contributed by atoms with Crippen LogP contribution in [0.3, 0.4) is 0 Å². The van der Waals surface area contributed by atoms with E-state index in [4.69, 9.17) is 0 Å². The summed E-state index contributed by atoms with van der Waals surface area (Å²) in [6.07, 6.45) is 8.11. The number of nitrogens with zero attached hydrogens (tertiary/aromatic N) is 4. The van der Waals surface area contributed by atoms with Gasteiger partial charge in [-0.3, -0.25) is 14.3 Å². The average molecular weight is 543 g/mol. The molecule has 3 aliphatic rings. The van der Waals surface area contributed by atoms with Crippen LogP contribution in [-0.4, -0.2) is 78.0 Å². The molecule has 0 saturated carbocycles. The first-order valence-corrected chi connectivity index (χ1v) is 15.2. The van der Waals surface area contributed by atoms with Crippen LogP contribution in [0.4, 0.5) is 0 Å². The van der Waals surface area contributed by atoms with Gasteiger partial charge in [0.25, 0.3) is 0 Å². The first-order chi connectivity index (χ1) is 18.3. The first-order valence-electron chi connectivity index (χ1n) is 13.8. The molecule has 1 aromatic carbocycles. The van der Waals surface area contributed by atoms with Gasteiger partial charge in [0.1, 0.15) is 6.04 Å². The molecule has 1 aliphatic carbocycles. The van der Waals surface area contributed by atoms with Crippen LogP contribution in [0.1, 0.15) is 61.4 Å². The predicted octanol–water partition coefficient (Wildman–Crippen LogP) is 1.75. The number of aromatic nitrogens is 2. The second-order valence-electron chi connectivity index (χ2n) is 10.6. The van der Waals surface area contributed by atoms with Crippen molar-refractivity contribution in [3.63, 3.8) is 0 Å². The van der Waals surface area contributed by atoms with E-state index in [1.54, 1.807) is 24.3 Å². The van der Waals surface area contributed by atoms with Crippen LogP contribution >= 0.6 is 0 Å². The van der Waals surface area contributed by atoms with Gasteiger partial charge in [-0.1, -0.05) is 24.1 Å². The quantitative estimate of drug-likeness (QED) is 0.525. The summed E-state index contributed by atoms with van der Waals surface area (Å²) in [5.41, 5.74) is 3.14. The van der Waals surface area contributed by atoms with Crippen LogP contribution in [0.15, 0.2) is 35.4 Å². The molecule has 0 spiro atoms. The lowest BCUT2D eigenvalue weighted by Gasteiger charge is -2.34. The van der Waals surface area contributed by atoms with Crippen molar-refractivity contribution in [2.24, 2.45) is 0 Å². The summed E-state index contributed by atoms with van der Waals surface area (Å²) in [5, 5.41) is 10.4. The number of piperazine rings is 1. The minimum atomic E-state index is -3.93. The normalized spacial score (nSPS) is 23.0. The van der Waals surface area contributed by atoms with E-state index >= 15 is 0 Å². The topological polar surface area (TPSA) is 117 Å². The molecule has 0 radical (unpaired) electrons. The van der Waals surface area contributed by atoms with E-state index < -0.39 is 22.0 Å². The van der Waals surface area contributed by atoms with Gasteiger partial charge in [0, 0.05) is 30.9 Å². The number of piperidine rings is 1. The Hall–Kier alpha value is -2.76. The number of amides is 2. The van der Waals surface area contributed by atoms with Gasteiger partial charge < -0.3 is 15.5 Å². The molecule has 206 valence electrons. The zero-order chi connectivity index (χ0) is 26.7. The van der Waals surface area contributed by atoms with E-state index in [-0.39, 0.29) is 36.4 Å². The summed E-state index contributed by atoms with van der Waals surface area (Å²) < 4.78 is 30.0. The fraction of sp³-hybridized carbons (Fsp3) is 0.593. The van der Waals surface area contributed by atoms with Gasteiger partial charge in [0.2, 0.25) is 21.8 Å². The molecule has 2 N–H and O–H groups in total. The van der Waals surface area contributed by atoms with Gasteiger partial charge in [-0.05, 0) is 64.3 Å². The zero-order valence-electron chi connectivity index (χ0n) is 22.1. The zero-order valence-corrected chi connectivity index (χ0v) is 22.9. The lowest BCUT2D eigenvalue weighted by atomic mass is 9.92. The molecule has 10 nitrogen and oxygen atoms in total. The molecule has 3 heterocycles. The van der Waals surface area contributed by atoms with Crippen molar-refractivity contribution in [2.45, 2.75) is 75.4 Å². The minimum absolute atomic E-state index is 0.122. The van der Waals surface area contributed by atoms with Crippen molar-refractivity contribution < 1.29 is 18.0 Å². The number of hydrogen-bond donors (Lipinski definition) is 2. The second kappa shape index (κ2) is 11.5. The summed E-state index contributed by atoms with van der Waals surface area (Å²) in [4.78, 5) is 28.5. The van der Waals surface area contributed by atoms with E-state index in [0.717, 1.165) is 62.3 Å². The van der Waals surface area contributed by atoms with E-state index in [9.17, 15) is 18.0 Å². The predicted molar refractivity (Wildman–Crippen MR) is 143 cm³/mol. The summed E-state index contributed by atoms with van der Waals surface area (Å²) in [5.74, 6) is -0.785. The molecule has 2 aliphatic heterocycles. The SMILES string of the molecule is Cc1ccc(S(=O)(=O)N2CCNC(=O)C2CC(=O)N[C@@H]2CCCc3c2cnn3CCN2CCCCC2)cc1. The lowest BCUT2D eigenvalue weighted by Crippen LogP contribution is -2.58. The third-order valence-corrected chi connectivity index (χ3v) is 9.89. The summed E-state index contributed by atoms with van der Waals surface area (Å²) in [7, 11) is -3.93. The largest absolute Gasteiger partial charge is 0.353 e. The third-order valence-electron chi connectivity index (χ3n) is 7.96. The molecule has 2 amide bonds. The van der Waals surface area contributed by atoms with E-state index in [1.165, 1.54) is 23.6 Å². The molecule has 2 aromatic rings. The number of rotatable bonds is 8. The molecule has 38 heavy (non-hydrogen) atoms. The van der Waals surface area contributed by atoms with Gasteiger partial charge >= 0.3 is 0 Å². The standard InChI is InChI=1S/C27H38N6O4S/c1-20-8-10-21(11-9-20)38(36,37)33-15-12-28-27(35)25(33)18-26(34)30-23-6-5-7-24-22(23)19-29-32(24)17-16-31-13-3-2-4-14-31/h8-11,19,23,25H,2-7,12-18H2,1H3,(H,28,35)(H,30,34)/t23-,25?/m1/s1. The molecule has 1 aromatic heterocycles. The lowest BCUT2D eigenvalue weighted by molar-refractivity contribution is -0.132. The maximum atomic E-state index is 13.4. The van der Waals surface area contributed by atoms with Crippen molar-refractivity contribution >= 4 is 21.8 Å². The maximum Gasteiger partial charge on any atom is 0.243 e. The number of sulfonamides is 1. The van der Waals surface area contributed by atoms with Crippen LogP contribution in [0.25, 0.3) is 0 Å². The van der Waals surface area contributed by atoms with Gasteiger partial charge in [-0.2, -0.15) is 9.40 Å². The monoisotopic (exact) mass is 542 g/mol. The highest BCUT2D eigenvalue weighted by Gasteiger charge is 2.40. The van der Waals surface area contributed by atoms with Gasteiger partial charge in [0.05, 0.1) is 30.1 Å². The van der Waals surface area contributed by atoms with Crippen molar-refractivity contribution in [3.8, 4) is 0 Å². The van der Waals surface area contributed by atoms with Crippen LogP contribution in [0.2, 0.25) is 0 Å². The van der Waals surface area contributed by atoms with E-state index in [1.807, 2.05) is 13.1 Å². The third kappa shape index (κ3) is 5.79. The number of fused-ring (bicyclic) bond motifs is 1. The van der Waals surface area contributed by atoms with Gasteiger partial charge in [0.15, 0.2) is 0 Å². The van der Waals surface area contributed by atoms with Crippen molar-refractivity contribution in [3.05, 3.63) is 47.3 Å². The molecular formula is C27H38N6O4S. The van der Waals surface area contributed by atoms with Gasteiger partial charge in [-0.25, -0.2) is 8.42 Å². The van der Waals surface area contributed by atoms with Crippen molar-refractivity contribution in [1.29, 1.82) is 0 Å². The Morgan fingerprint density at radius 3 is 2.61 bits per heavy atom. The van der Waals surface area contributed by atoms with Gasteiger partial charge in [-0.15, -0.1) is 0 Å².